The zero-order valence-electron chi connectivity index (χ0n) is 16.8. The fourth-order valence-electron chi connectivity index (χ4n) is 3.34. The maximum Gasteiger partial charge on any atom is 0.416 e. The van der Waals surface area contributed by atoms with E-state index in [0.29, 0.717) is 51.3 Å². The number of anilines is 1. The summed E-state index contributed by atoms with van der Waals surface area (Å²) in [5, 5.41) is 0. The summed E-state index contributed by atoms with van der Waals surface area (Å²) >= 11 is 0. The minimum atomic E-state index is -4.36. The molecule has 3 rings (SSSR count). The molecule has 0 saturated carbocycles. The topological polar surface area (TPSA) is 42.0 Å². The van der Waals surface area contributed by atoms with E-state index in [1.165, 1.54) is 6.07 Å². The number of benzene rings is 2. The lowest BCUT2D eigenvalue weighted by molar-refractivity contribution is -0.137. The van der Waals surface area contributed by atoms with E-state index >= 15 is 0 Å². The number of ether oxygens (including phenoxy) is 2. The molecule has 2 aromatic carbocycles. The number of amides is 1. The van der Waals surface area contributed by atoms with Gasteiger partial charge in [-0.3, -0.25) is 4.79 Å². The normalized spacial score (nSPS) is 14.5. The lowest BCUT2D eigenvalue weighted by Gasteiger charge is -2.36. The van der Waals surface area contributed by atoms with Crippen molar-refractivity contribution < 1.29 is 27.4 Å². The summed E-state index contributed by atoms with van der Waals surface area (Å²) < 4.78 is 49.4. The molecule has 0 aromatic heterocycles. The highest BCUT2D eigenvalue weighted by molar-refractivity contribution is 5.76. The first-order valence-corrected chi connectivity index (χ1v) is 9.83. The van der Waals surface area contributed by atoms with Gasteiger partial charge in [0.25, 0.3) is 0 Å². The van der Waals surface area contributed by atoms with Gasteiger partial charge in [-0.05, 0) is 48.9 Å². The van der Waals surface area contributed by atoms with Crippen LogP contribution in [-0.4, -0.2) is 50.7 Å². The summed E-state index contributed by atoms with van der Waals surface area (Å²) in [4.78, 5) is 16.1. The Morgan fingerprint density at radius 3 is 2.30 bits per heavy atom. The van der Waals surface area contributed by atoms with Crippen molar-refractivity contribution in [2.45, 2.75) is 19.0 Å². The number of nitrogens with zero attached hydrogens (tertiary/aromatic N) is 2. The quantitative estimate of drug-likeness (QED) is 0.627. The van der Waals surface area contributed by atoms with Crippen molar-refractivity contribution >= 4 is 11.6 Å². The molecule has 1 aliphatic heterocycles. The minimum absolute atomic E-state index is 0.0389. The second-order valence-electron chi connectivity index (χ2n) is 7.04. The minimum Gasteiger partial charge on any atom is -0.497 e. The van der Waals surface area contributed by atoms with Gasteiger partial charge in [-0.1, -0.05) is 6.07 Å². The number of methoxy groups -OCH3 is 1. The van der Waals surface area contributed by atoms with Gasteiger partial charge in [0.2, 0.25) is 5.91 Å². The molecule has 0 radical (unpaired) electrons. The molecule has 30 heavy (non-hydrogen) atoms. The second-order valence-corrected chi connectivity index (χ2v) is 7.04. The van der Waals surface area contributed by atoms with Crippen LogP contribution in [0.1, 0.15) is 18.4 Å². The van der Waals surface area contributed by atoms with Crippen LogP contribution in [0.2, 0.25) is 0 Å². The highest BCUT2D eigenvalue weighted by Crippen LogP contribution is 2.31. The highest BCUT2D eigenvalue weighted by Gasteiger charge is 2.31. The molecule has 162 valence electrons. The molecule has 8 heteroatoms. The molecule has 0 N–H and O–H groups in total. The maximum absolute atomic E-state index is 12.9. The average molecular weight is 422 g/mol. The van der Waals surface area contributed by atoms with Crippen molar-refractivity contribution in [1.29, 1.82) is 0 Å². The molecule has 1 amide bonds. The van der Waals surface area contributed by atoms with E-state index in [1.54, 1.807) is 18.1 Å². The van der Waals surface area contributed by atoms with Gasteiger partial charge in [-0.25, -0.2) is 0 Å². The van der Waals surface area contributed by atoms with Crippen molar-refractivity contribution in [3.63, 3.8) is 0 Å². The van der Waals surface area contributed by atoms with Crippen molar-refractivity contribution in [3.05, 3.63) is 54.1 Å². The largest absolute Gasteiger partial charge is 0.497 e. The van der Waals surface area contributed by atoms with E-state index in [-0.39, 0.29) is 5.91 Å². The smallest absolute Gasteiger partial charge is 0.416 e. The van der Waals surface area contributed by atoms with Crippen molar-refractivity contribution in [2.24, 2.45) is 0 Å². The highest BCUT2D eigenvalue weighted by atomic mass is 19.4. The van der Waals surface area contributed by atoms with E-state index < -0.39 is 11.7 Å². The molecule has 0 atom stereocenters. The zero-order chi connectivity index (χ0) is 21.6. The molecule has 1 aliphatic rings. The van der Waals surface area contributed by atoms with Gasteiger partial charge in [-0.15, -0.1) is 0 Å². The third kappa shape index (κ3) is 5.81. The van der Waals surface area contributed by atoms with Gasteiger partial charge < -0.3 is 19.3 Å². The first-order chi connectivity index (χ1) is 14.4. The van der Waals surface area contributed by atoms with Crippen LogP contribution >= 0.6 is 0 Å². The van der Waals surface area contributed by atoms with Gasteiger partial charge in [0.15, 0.2) is 0 Å². The van der Waals surface area contributed by atoms with Gasteiger partial charge in [0, 0.05) is 38.3 Å². The molecule has 0 spiro atoms. The Hall–Kier alpha value is -2.90. The van der Waals surface area contributed by atoms with E-state index in [4.69, 9.17) is 9.47 Å². The summed E-state index contributed by atoms with van der Waals surface area (Å²) in [6.45, 7) is 2.44. The first kappa shape index (κ1) is 21.8. The number of carbonyl (C=O) groups excluding carboxylic acids is 1. The summed E-state index contributed by atoms with van der Waals surface area (Å²) in [6.07, 6.45) is -3.39. The Kier molecular flexibility index (Phi) is 7.07. The number of alkyl halides is 3. The Morgan fingerprint density at radius 2 is 1.67 bits per heavy atom. The van der Waals surface area contributed by atoms with E-state index in [0.717, 1.165) is 23.6 Å². The predicted octanol–water partition coefficient (Wildman–Crippen LogP) is 4.22. The Balaban J connectivity index is 1.41. The molecule has 1 heterocycles. The number of carbonyl (C=O) groups is 1. The lowest BCUT2D eigenvalue weighted by atomic mass is 10.1. The number of hydrogen-bond acceptors (Lipinski definition) is 4. The van der Waals surface area contributed by atoms with Gasteiger partial charge in [0.05, 0.1) is 19.3 Å². The van der Waals surface area contributed by atoms with Crippen LogP contribution in [0.3, 0.4) is 0 Å². The molecule has 1 saturated heterocycles. The summed E-state index contributed by atoms with van der Waals surface area (Å²) in [5.41, 5.74) is -0.125. The van der Waals surface area contributed by atoms with Crippen LogP contribution in [0.15, 0.2) is 48.5 Å². The van der Waals surface area contributed by atoms with Crippen molar-refractivity contribution in [3.8, 4) is 11.5 Å². The molecule has 0 unspecified atom stereocenters. The zero-order valence-corrected chi connectivity index (χ0v) is 16.8. The standard InChI is InChI=1S/C22H25F3N2O3/c1-29-19-7-9-20(10-8-19)30-15-3-6-21(28)27-13-11-26(12-14-27)18-5-2-4-17(16-18)22(23,24)25/h2,4-5,7-10,16H,3,6,11-15H2,1H3. The SMILES string of the molecule is COc1ccc(OCCCC(=O)N2CCN(c3cccc(C(F)(F)F)c3)CC2)cc1. The molecule has 2 aromatic rings. The van der Waals surface area contributed by atoms with Crippen LogP contribution < -0.4 is 14.4 Å². The summed E-state index contributed by atoms with van der Waals surface area (Å²) in [7, 11) is 1.60. The van der Waals surface area contributed by atoms with Crippen LogP contribution in [0.5, 0.6) is 11.5 Å². The summed E-state index contributed by atoms with van der Waals surface area (Å²) in [6, 6.07) is 12.6. The molecular weight excluding hydrogens is 397 g/mol. The molecule has 1 fully saturated rings. The third-order valence-corrected chi connectivity index (χ3v) is 5.03. The van der Waals surface area contributed by atoms with Gasteiger partial charge >= 0.3 is 6.18 Å². The van der Waals surface area contributed by atoms with Crippen LogP contribution in [0, 0.1) is 0 Å². The number of rotatable bonds is 7. The third-order valence-electron chi connectivity index (χ3n) is 5.03. The average Bonchev–Trinajstić information content (AvgIpc) is 2.76. The Morgan fingerprint density at radius 1 is 1.00 bits per heavy atom. The monoisotopic (exact) mass is 422 g/mol. The van der Waals surface area contributed by atoms with Crippen LogP contribution in [-0.2, 0) is 11.0 Å². The predicted molar refractivity (Wildman–Crippen MR) is 108 cm³/mol. The van der Waals surface area contributed by atoms with Gasteiger partial charge in [0.1, 0.15) is 11.5 Å². The van der Waals surface area contributed by atoms with E-state index in [9.17, 15) is 18.0 Å². The van der Waals surface area contributed by atoms with Crippen LogP contribution in [0.4, 0.5) is 18.9 Å². The molecule has 5 nitrogen and oxygen atoms in total. The van der Waals surface area contributed by atoms with E-state index in [1.807, 2.05) is 29.2 Å². The fourth-order valence-corrected chi connectivity index (χ4v) is 3.34. The summed E-state index contributed by atoms with van der Waals surface area (Å²) in [5.74, 6) is 1.51. The fraction of sp³-hybridized carbons (Fsp3) is 0.409. The lowest BCUT2D eigenvalue weighted by Crippen LogP contribution is -2.48. The second kappa shape index (κ2) is 9.73. The van der Waals surface area contributed by atoms with Crippen molar-refractivity contribution in [1.82, 2.24) is 4.90 Å². The molecule has 0 aliphatic carbocycles. The Labute approximate surface area is 174 Å². The van der Waals surface area contributed by atoms with Crippen molar-refractivity contribution in [2.75, 3.05) is 44.8 Å². The maximum atomic E-state index is 12.9. The molecular formula is C22H25F3N2O3. The van der Waals surface area contributed by atoms with E-state index in [2.05, 4.69) is 0 Å². The number of halogens is 3. The van der Waals surface area contributed by atoms with Gasteiger partial charge in [-0.2, -0.15) is 13.2 Å². The Bertz CT molecular complexity index is 832. The first-order valence-electron chi connectivity index (χ1n) is 9.83. The van der Waals surface area contributed by atoms with Crippen LogP contribution in [0.25, 0.3) is 0 Å². The number of piperazine rings is 1. The number of hydrogen-bond donors (Lipinski definition) is 0. The molecule has 0 bridgehead atoms.